The average molecular weight is 180 g/mol. The van der Waals surface area contributed by atoms with E-state index in [0.717, 1.165) is 11.0 Å². The fraction of sp³-hybridized carbons (Fsp3) is 0.667. The second-order valence-corrected chi connectivity index (χ2v) is 2.76. The fourth-order valence-electron chi connectivity index (χ4n) is 0.387. The Morgan fingerprint density at radius 1 is 1.38 bits per heavy atom. The van der Waals surface area contributed by atoms with Crippen LogP contribution in [0.4, 0.5) is 0 Å². The Hall–Kier alpha value is 0.180. The van der Waals surface area contributed by atoms with Crippen molar-refractivity contribution in [1.82, 2.24) is 0 Å². The Balaban J connectivity index is 0. The first-order valence-electron chi connectivity index (χ1n) is 2.47. The van der Waals surface area contributed by atoms with Crippen LogP contribution in [0.1, 0.15) is 0 Å². The van der Waals surface area contributed by atoms with E-state index in [0.29, 0.717) is 0 Å². The number of hydrogen-bond donors (Lipinski definition) is 0. The molecule has 0 aromatic carbocycles. The minimum atomic E-state index is 0. The summed E-state index contributed by atoms with van der Waals surface area (Å²) in [5.74, 6) is 0. The largest absolute Gasteiger partial charge is 1.00 e. The molecule has 50 valence electrons. The standard InChI is InChI=1S/C6H14N.BrH/c1-5-6-7(2,3)4;/h5H,1,6H2,2-4H3;1H/q+1;/p-1. The second kappa shape index (κ2) is 4.10. The van der Waals surface area contributed by atoms with Crippen LogP contribution >= 0.6 is 0 Å². The molecule has 0 aliphatic heterocycles. The van der Waals surface area contributed by atoms with Gasteiger partial charge >= 0.3 is 0 Å². The van der Waals surface area contributed by atoms with E-state index < -0.39 is 0 Å². The van der Waals surface area contributed by atoms with Gasteiger partial charge in [0, 0.05) is 0 Å². The van der Waals surface area contributed by atoms with Gasteiger partial charge < -0.3 is 21.5 Å². The summed E-state index contributed by atoms with van der Waals surface area (Å²) in [7, 11) is 6.42. The zero-order valence-electron chi connectivity index (χ0n) is 5.82. The lowest BCUT2D eigenvalue weighted by Gasteiger charge is -2.21. The van der Waals surface area contributed by atoms with Crippen LogP contribution in [-0.2, 0) is 0 Å². The maximum absolute atomic E-state index is 3.63. The lowest BCUT2D eigenvalue weighted by Crippen LogP contribution is -3.00. The first-order valence-corrected chi connectivity index (χ1v) is 2.47. The van der Waals surface area contributed by atoms with Gasteiger partial charge in [-0.3, -0.25) is 0 Å². The number of rotatable bonds is 2. The molecule has 0 aliphatic rings. The topological polar surface area (TPSA) is 0 Å². The van der Waals surface area contributed by atoms with Gasteiger partial charge in [0.15, 0.2) is 0 Å². The molecule has 0 fully saturated rings. The highest BCUT2D eigenvalue weighted by atomic mass is 79.9. The first-order chi connectivity index (χ1) is 3.06. The first kappa shape index (κ1) is 11.0. The third-order valence-electron chi connectivity index (χ3n) is 0.677. The van der Waals surface area contributed by atoms with Gasteiger partial charge in [-0.15, -0.1) is 0 Å². The van der Waals surface area contributed by atoms with E-state index in [1.54, 1.807) is 0 Å². The fourth-order valence-corrected chi connectivity index (χ4v) is 0.387. The molecule has 0 aliphatic carbocycles. The van der Waals surface area contributed by atoms with Crippen molar-refractivity contribution in [3.63, 3.8) is 0 Å². The minimum Gasteiger partial charge on any atom is -1.00 e. The van der Waals surface area contributed by atoms with Crippen LogP contribution in [-0.4, -0.2) is 32.2 Å². The molecule has 0 bridgehead atoms. The van der Waals surface area contributed by atoms with Crippen LogP contribution in [0.2, 0.25) is 0 Å². The molecule has 0 N–H and O–H groups in total. The molecule has 1 nitrogen and oxygen atoms in total. The Bertz CT molecular complexity index is 63.4. The number of quaternary nitrogens is 1. The zero-order valence-corrected chi connectivity index (χ0v) is 7.40. The predicted molar refractivity (Wildman–Crippen MR) is 33.1 cm³/mol. The number of likely N-dealkylation sites (N-methyl/N-ethyl adjacent to an activating group) is 1. The Kier molecular flexibility index (Phi) is 5.66. The molecule has 0 saturated carbocycles. The molecule has 0 atom stereocenters. The van der Waals surface area contributed by atoms with Crippen molar-refractivity contribution in [3.05, 3.63) is 12.7 Å². The van der Waals surface area contributed by atoms with Gasteiger partial charge in [0.25, 0.3) is 0 Å². The van der Waals surface area contributed by atoms with Crippen LogP contribution in [0.3, 0.4) is 0 Å². The molecule has 0 aromatic rings. The van der Waals surface area contributed by atoms with Crippen molar-refractivity contribution in [2.75, 3.05) is 27.7 Å². The van der Waals surface area contributed by atoms with Crippen LogP contribution in [0.25, 0.3) is 0 Å². The van der Waals surface area contributed by atoms with Gasteiger partial charge in [-0.2, -0.15) is 0 Å². The highest BCUT2D eigenvalue weighted by Gasteiger charge is 1.99. The van der Waals surface area contributed by atoms with E-state index in [2.05, 4.69) is 27.7 Å². The van der Waals surface area contributed by atoms with Gasteiger partial charge in [0.1, 0.15) is 0 Å². The van der Waals surface area contributed by atoms with E-state index in [-0.39, 0.29) is 17.0 Å². The summed E-state index contributed by atoms with van der Waals surface area (Å²) < 4.78 is 0.976. The third kappa shape index (κ3) is 9.49. The Labute approximate surface area is 62.4 Å². The van der Waals surface area contributed by atoms with Crippen molar-refractivity contribution in [1.29, 1.82) is 0 Å². The van der Waals surface area contributed by atoms with Gasteiger partial charge in [0.05, 0.1) is 27.7 Å². The van der Waals surface area contributed by atoms with Crippen LogP contribution in [0, 0.1) is 0 Å². The second-order valence-electron chi connectivity index (χ2n) is 2.76. The molecule has 8 heavy (non-hydrogen) atoms. The minimum absolute atomic E-state index is 0. The molecule has 0 amide bonds. The number of halogens is 1. The van der Waals surface area contributed by atoms with E-state index in [4.69, 9.17) is 0 Å². The quantitative estimate of drug-likeness (QED) is 0.337. The van der Waals surface area contributed by atoms with Gasteiger partial charge in [-0.05, 0) is 6.08 Å². The van der Waals surface area contributed by atoms with Crippen molar-refractivity contribution in [2.24, 2.45) is 0 Å². The smallest absolute Gasteiger partial charge is 0.0964 e. The van der Waals surface area contributed by atoms with Gasteiger partial charge in [-0.1, -0.05) is 6.58 Å². The number of nitrogens with zero attached hydrogens (tertiary/aromatic N) is 1. The molecule has 0 saturated heterocycles. The van der Waals surface area contributed by atoms with Crippen LogP contribution in [0.15, 0.2) is 12.7 Å². The maximum Gasteiger partial charge on any atom is 0.0964 e. The molecule has 0 heterocycles. The van der Waals surface area contributed by atoms with Crippen molar-refractivity contribution < 1.29 is 21.5 Å². The Morgan fingerprint density at radius 3 is 1.75 bits per heavy atom. The van der Waals surface area contributed by atoms with Crippen LogP contribution in [0.5, 0.6) is 0 Å². The summed E-state index contributed by atoms with van der Waals surface area (Å²) in [5.41, 5.74) is 0. The van der Waals surface area contributed by atoms with E-state index in [1.807, 2.05) is 6.08 Å². The summed E-state index contributed by atoms with van der Waals surface area (Å²) in [5, 5.41) is 0. The summed E-state index contributed by atoms with van der Waals surface area (Å²) >= 11 is 0. The van der Waals surface area contributed by atoms with Gasteiger partial charge in [0.2, 0.25) is 0 Å². The molecule has 2 heteroatoms. The molecule has 0 aromatic heterocycles. The van der Waals surface area contributed by atoms with Crippen molar-refractivity contribution in [3.8, 4) is 0 Å². The highest BCUT2D eigenvalue weighted by molar-refractivity contribution is 4.63. The monoisotopic (exact) mass is 179 g/mol. The predicted octanol–water partition coefficient (Wildman–Crippen LogP) is -2.12. The summed E-state index contributed by atoms with van der Waals surface area (Å²) in [6.07, 6.45) is 1.93. The van der Waals surface area contributed by atoms with Crippen LogP contribution < -0.4 is 17.0 Å². The molecular formula is C6H14BrN. The molecule has 0 unspecified atom stereocenters. The number of hydrogen-bond acceptors (Lipinski definition) is 0. The third-order valence-corrected chi connectivity index (χ3v) is 0.677. The van der Waals surface area contributed by atoms with Crippen molar-refractivity contribution in [2.45, 2.75) is 0 Å². The highest BCUT2D eigenvalue weighted by Crippen LogP contribution is 1.86. The SMILES string of the molecule is C=CC[N+](C)(C)C.[Br-]. The van der Waals surface area contributed by atoms with E-state index >= 15 is 0 Å². The summed E-state index contributed by atoms with van der Waals surface area (Å²) in [6.45, 7) is 4.67. The lowest BCUT2D eigenvalue weighted by molar-refractivity contribution is -0.864. The van der Waals surface area contributed by atoms with Gasteiger partial charge in [-0.25, -0.2) is 0 Å². The average Bonchev–Trinajstić information content (AvgIpc) is 1.30. The molecular weight excluding hydrogens is 166 g/mol. The van der Waals surface area contributed by atoms with Crippen molar-refractivity contribution >= 4 is 0 Å². The Morgan fingerprint density at radius 2 is 1.75 bits per heavy atom. The molecule has 0 radical (unpaired) electrons. The summed E-state index contributed by atoms with van der Waals surface area (Å²) in [4.78, 5) is 0. The summed E-state index contributed by atoms with van der Waals surface area (Å²) in [6, 6.07) is 0. The maximum atomic E-state index is 3.63. The normalized spacial score (nSPS) is 9.88. The molecule has 0 rings (SSSR count). The lowest BCUT2D eigenvalue weighted by atomic mass is 10.5. The van der Waals surface area contributed by atoms with E-state index in [1.165, 1.54) is 0 Å². The molecule has 0 spiro atoms. The zero-order chi connectivity index (χ0) is 5.91. The van der Waals surface area contributed by atoms with E-state index in [9.17, 15) is 0 Å².